The molecule has 0 aromatic carbocycles. The van der Waals surface area contributed by atoms with E-state index in [0.717, 1.165) is 6.92 Å². The highest BCUT2D eigenvalue weighted by Crippen LogP contribution is 2.38. The van der Waals surface area contributed by atoms with Crippen molar-refractivity contribution in [2.75, 3.05) is 0 Å². The second-order valence-corrected chi connectivity index (χ2v) is 2.87. The van der Waals surface area contributed by atoms with Crippen LogP contribution in [0, 0.1) is 0 Å². The summed E-state index contributed by atoms with van der Waals surface area (Å²) in [5, 5.41) is 8.35. The maximum Gasteiger partial charge on any atom is 0.453 e. The Labute approximate surface area is 91.7 Å². The highest BCUT2D eigenvalue weighted by atomic mass is 19.4. The number of alkyl halides is 5. The number of esters is 1. The van der Waals surface area contributed by atoms with E-state index in [2.05, 4.69) is 4.74 Å². The molecule has 0 aliphatic carbocycles. The lowest BCUT2D eigenvalue weighted by atomic mass is 10.2. The first-order chi connectivity index (χ1) is 7.47. The molecule has 0 unspecified atom stereocenters. The molecular weight excluding hydrogens is 255 g/mol. The molecule has 0 amide bonds. The molecule has 0 heterocycles. The molecule has 0 fully saturated rings. The van der Waals surface area contributed by atoms with Crippen LogP contribution >= 0.6 is 0 Å². The first-order valence-corrected chi connectivity index (χ1v) is 4.04. The summed E-state index contributed by atoms with van der Waals surface area (Å²) in [6.45, 7) is 0.776. The van der Waals surface area contributed by atoms with Crippen LogP contribution in [0.25, 0.3) is 0 Å². The number of rotatable bonds is 4. The van der Waals surface area contributed by atoms with Crippen molar-refractivity contribution < 1.29 is 41.4 Å². The number of carboxylic acids is 1. The van der Waals surface area contributed by atoms with Gasteiger partial charge < -0.3 is 9.84 Å². The molecule has 0 bridgehead atoms. The van der Waals surface area contributed by atoms with Gasteiger partial charge in [-0.15, -0.1) is 0 Å². The maximum atomic E-state index is 12.4. The average Bonchev–Trinajstić information content (AvgIpc) is 2.09. The Bertz CT molecular complexity index is 344. The molecule has 0 aliphatic rings. The number of hydrogen-bond acceptors (Lipinski definition) is 3. The summed E-state index contributed by atoms with van der Waals surface area (Å²) in [5.41, 5.74) is 0. The Morgan fingerprint density at radius 2 is 1.71 bits per heavy atom. The van der Waals surface area contributed by atoms with Gasteiger partial charge in [-0.25, -0.2) is 4.79 Å². The van der Waals surface area contributed by atoms with Crippen molar-refractivity contribution in [1.82, 2.24) is 0 Å². The Kier molecular flexibility index (Phi) is 4.60. The van der Waals surface area contributed by atoms with Gasteiger partial charge in [0.15, 0.2) is 0 Å². The molecule has 0 rings (SSSR count). The minimum Gasteiger partial charge on any atom is -0.475 e. The molecule has 0 spiro atoms. The number of carbonyl (C=O) groups excluding carboxylic acids is 1. The Morgan fingerprint density at radius 3 is 2.00 bits per heavy atom. The zero-order valence-electron chi connectivity index (χ0n) is 8.35. The van der Waals surface area contributed by atoms with Crippen molar-refractivity contribution in [2.45, 2.75) is 25.4 Å². The summed E-state index contributed by atoms with van der Waals surface area (Å²) in [4.78, 5) is 20.7. The van der Waals surface area contributed by atoms with Crippen molar-refractivity contribution in [3.05, 3.63) is 11.8 Å². The molecule has 9 heteroatoms. The number of carbonyl (C=O) groups is 2. The van der Waals surface area contributed by atoms with Crippen LogP contribution in [-0.2, 0) is 14.3 Å². The summed E-state index contributed by atoms with van der Waals surface area (Å²) in [6.07, 6.45) is -7.73. The van der Waals surface area contributed by atoms with Gasteiger partial charge >= 0.3 is 24.0 Å². The first-order valence-electron chi connectivity index (χ1n) is 4.04. The highest BCUT2D eigenvalue weighted by molar-refractivity contribution is 5.87. The van der Waals surface area contributed by atoms with Gasteiger partial charge in [0, 0.05) is 13.3 Å². The third-order valence-electron chi connectivity index (χ3n) is 1.42. The van der Waals surface area contributed by atoms with E-state index in [-0.39, 0.29) is 6.08 Å². The largest absolute Gasteiger partial charge is 0.475 e. The number of allylic oxidation sites excluding steroid dienone is 1. The van der Waals surface area contributed by atoms with E-state index in [9.17, 15) is 31.5 Å². The summed E-state index contributed by atoms with van der Waals surface area (Å²) in [7, 11) is 0. The van der Waals surface area contributed by atoms with Gasteiger partial charge in [0.25, 0.3) is 0 Å². The molecule has 0 aromatic heterocycles. The first kappa shape index (κ1) is 15.3. The second kappa shape index (κ2) is 5.11. The van der Waals surface area contributed by atoms with E-state index in [4.69, 9.17) is 5.11 Å². The summed E-state index contributed by atoms with van der Waals surface area (Å²) in [5.74, 6) is -9.43. The fourth-order valence-corrected chi connectivity index (χ4v) is 0.664. The van der Waals surface area contributed by atoms with Crippen molar-refractivity contribution in [2.24, 2.45) is 0 Å². The zero-order valence-corrected chi connectivity index (χ0v) is 8.35. The van der Waals surface area contributed by atoms with Gasteiger partial charge in [-0.05, 0) is 6.08 Å². The van der Waals surface area contributed by atoms with Crippen LogP contribution in [0.1, 0.15) is 13.3 Å². The van der Waals surface area contributed by atoms with Gasteiger partial charge in [0.1, 0.15) is 0 Å². The molecular formula is C8H7F5O4. The van der Waals surface area contributed by atoms with Gasteiger partial charge in [-0.1, -0.05) is 0 Å². The van der Waals surface area contributed by atoms with E-state index in [0.29, 0.717) is 0 Å². The normalized spacial score (nSPS) is 13.4. The topological polar surface area (TPSA) is 63.6 Å². The van der Waals surface area contributed by atoms with Crippen molar-refractivity contribution in [3.8, 4) is 0 Å². The molecule has 0 radical (unpaired) electrons. The molecule has 0 aromatic rings. The van der Waals surface area contributed by atoms with Crippen LogP contribution in [0.5, 0.6) is 0 Å². The molecule has 0 aliphatic heterocycles. The van der Waals surface area contributed by atoms with Crippen molar-refractivity contribution >= 4 is 11.9 Å². The van der Waals surface area contributed by atoms with E-state index in [1.807, 2.05) is 0 Å². The number of halogens is 5. The minimum atomic E-state index is -5.80. The predicted molar refractivity (Wildman–Crippen MR) is 43.1 cm³/mol. The molecule has 98 valence electrons. The fraction of sp³-hybridized carbons (Fsp3) is 0.500. The van der Waals surface area contributed by atoms with Crippen molar-refractivity contribution in [3.63, 3.8) is 0 Å². The van der Waals surface area contributed by atoms with E-state index in [1.54, 1.807) is 0 Å². The summed E-state index contributed by atoms with van der Waals surface area (Å²) < 4.78 is 63.9. The lowest BCUT2D eigenvalue weighted by Crippen LogP contribution is -2.35. The van der Waals surface area contributed by atoms with E-state index < -0.39 is 36.2 Å². The zero-order chi connectivity index (χ0) is 13.9. The van der Waals surface area contributed by atoms with Crippen LogP contribution in [0.3, 0.4) is 0 Å². The van der Waals surface area contributed by atoms with Gasteiger partial charge in [-0.3, -0.25) is 4.79 Å². The Hall–Kier alpha value is -1.67. The molecule has 17 heavy (non-hydrogen) atoms. The molecule has 0 atom stereocenters. The van der Waals surface area contributed by atoms with Gasteiger partial charge in [-0.2, -0.15) is 22.0 Å². The standard InChI is InChI=1S/C8H7F5O4/c1-4(14)17-5(6(15)16)2-3-7(9,10)8(11,12)13/h2H,3H2,1H3,(H,15,16). The minimum absolute atomic E-state index is 0.00275. The third-order valence-corrected chi connectivity index (χ3v) is 1.42. The quantitative estimate of drug-likeness (QED) is 0.365. The van der Waals surface area contributed by atoms with Gasteiger partial charge in [0.05, 0.1) is 0 Å². The summed E-state index contributed by atoms with van der Waals surface area (Å²) >= 11 is 0. The maximum absolute atomic E-state index is 12.4. The number of carboxylic acid groups (broad SMARTS) is 1. The van der Waals surface area contributed by atoms with Gasteiger partial charge in [0.2, 0.25) is 5.76 Å². The fourth-order valence-electron chi connectivity index (χ4n) is 0.664. The van der Waals surface area contributed by atoms with Crippen LogP contribution in [-0.4, -0.2) is 29.1 Å². The molecule has 1 N–H and O–H groups in total. The highest BCUT2D eigenvalue weighted by Gasteiger charge is 2.56. The van der Waals surface area contributed by atoms with Crippen LogP contribution in [0.2, 0.25) is 0 Å². The van der Waals surface area contributed by atoms with Crippen molar-refractivity contribution in [1.29, 1.82) is 0 Å². The third kappa shape index (κ3) is 4.79. The predicted octanol–water partition coefficient (Wildman–Crippen LogP) is 2.11. The van der Waals surface area contributed by atoms with Crippen LogP contribution in [0.15, 0.2) is 11.8 Å². The summed E-state index contributed by atoms with van der Waals surface area (Å²) in [6, 6.07) is 0. The monoisotopic (exact) mass is 262 g/mol. The second-order valence-electron chi connectivity index (χ2n) is 2.87. The van der Waals surface area contributed by atoms with E-state index in [1.165, 1.54) is 0 Å². The Balaban J connectivity index is 4.88. The molecule has 0 saturated carbocycles. The lowest BCUT2D eigenvalue weighted by Gasteiger charge is -2.17. The van der Waals surface area contributed by atoms with E-state index >= 15 is 0 Å². The lowest BCUT2D eigenvalue weighted by molar-refractivity contribution is -0.280. The smallest absolute Gasteiger partial charge is 0.453 e. The molecule has 0 saturated heterocycles. The number of aliphatic carboxylic acids is 1. The average molecular weight is 262 g/mol. The van der Waals surface area contributed by atoms with Crippen LogP contribution in [0.4, 0.5) is 22.0 Å². The Morgan fingerprint density at radius 1 is 1.24 bits per heavy atom. The SMILES string of the molecule is CC(=O)OC(=CCC(F)(F)C(F)(F)F)C(=O)O. The van der Waals surface area contributed by atoms with Crippen LogP contribution < -0.4 is 0 Å². The number of hydrogen-bond donors (Lipinski definition) is 1. The number of ether oxygens (including phenoxy) is 1. The molecule has 4 nitrogen and oxygen atoms in total.